The highest BCUT2D eigenvalue weighted by atomic mass is 16.3. The number of aliphatic hydroxyl groups is 2. The van der Waals surface area contributed by atoms with Crippen LogP contribution in [0.15, 0.2) is 41.8 Å². The molecule has 160 valence electrons. The Balaban J connectivity index is 1.19. The quantitative estimate of drug-likeness (QED) is 0.512. The van der Waals surface area contributed by atoms with Crippen LogP contribution in [0, 0.1) is 11.8 Å². The number of anilines is 1. The molecule has 2 aliphatic carbocycles. The van der Waals surface area contributed by atoms with E-state index in [-0.39, 0.29) is 12.0 Å². The van der Waals surface area contributed by atoms with Crippen LogP contribution in [0.2, 0.25) is 0 Å². The Hall–Kier alpha value is -2.97. The minimum atomic E-state index is -0.850. The summed E-state index contributed by atoms with van der Waals surface area (Å²) >= 11 is 0. The van der Waals surface area contributed by atoms with Crippen molar-refractivity contribution in [2.75, 3.05) is 5.73 Å². The Kier molecular flexibility index (Phi) is 4.10. The molecule has 0 amide bonds. The first-order chi connectivity index (χ1) is 15.0. The first-order valence-corrected chi connectivity index (χ1v) is 10.9. The zero-order valence-corrected chi connectivity index (χ0v) is 17.1. The number of benzene rings is 1. The minimum absolute atomic E-state index is 0.00551. The third-order valence-electron chi connectivity index (χ3n) is 7.39. The SMILES string of the molecule is NC1=Nc2cc(CC[C@H]3C[C@@H](n4ccc5c(N)ncnc54)[C@H](O)[C@@H]3O)ccc2[C@H]2C[C@@H]12. The molecule has 6 atom stereocenters. The lowest BCUT2D eigenvalue weighted by atomic mass is 9.94. The van der Waals surface area contributed by atoms with Gasteiger partial charge in [0.25, 0.3) is 0 Å². The van der Waals surface area contributed by atoms with E-state index in [9.17, 15) is 10.2 Å². The topological polar surface area (TPSA) is 136 Å². The molecule has 0 saturated heterocycles. The van der Waals surface area contributed by atoms with Crippen molar-refractivity contribution >= 4 is 28.4 Å². The largest absolute Gasteiger partial charge is 0.390 e. The maximum atomic E-state index is 10.8. The molecule has 2 fully saturated rings. The average molecular weight is 419 g/mol. The van der Waals surface area contributed by atoms with Crippen LogP contribution in [0.3, 0.4) is 0 Å². The van der Waals surface area contributed by atoms with Gasteiger partial charge in [0.2, 0.25) is 0 Å². The number of hydrogen-bond donors (Lipinski definition) is 4. The molecule has 0 radical (unpaired) electrons. The number of nitrogens with two attached hydrogens (primary N) is 2. The molecule has 3 heterocycles. The number of rotatable bonds is 4. The van der Waals surface area contributed by atoms with Gasteiger partial charge in [0.05, 0.1) is 23.2 Å². The molecule has 6 N–H and O–H groups in total. The molecule has 8 nitrogen and oxygen atoms in total. The summed E-state index contributed by atoms with van der Waals surface area (Å²) in [6.07, 6.45) is 5.06. The maximum absolute atomic E-state index is 10.8. The van der Waals surface area contributed by atoms with Crippen molar-refractivity contribution in [3.8, 4) is 0 Å². The highest BCUT2D eigenvalue weighted by molar-refractivity contribution is 5.92. The van der Waals surface area contributed by atoms with E-state index < -0.39 is 12.2 Å². The molecular weight excluding hydrogens is 392 g/mol. The monoisotopic (exact) mass is 418 g/mol. The number of aliphatic hydroxyl groups excluding tert-OH is 2. The van der Waals surface area contributed by atoms with Gasteiger partial charge in [0.1, 0.15) is 29.7 Å². The number of nitrogens with zero attached hydrogens (tertiary/aromatic N) is 4. The van der Waals surface area contributed by atoms with Gasteiger partial charge in [0.15, 0.2) is 0 Å². The van der Waals surface area contributed by atoms with Crippen molar-refractivity contribution in [3.63, 3.8) is 0 Å². The summed E-state index contributed by atoms with van der Waals surface area (Å²) in [5.41, 5.74) is 16.2. The molecule has 8 heteroatoms. The lowest BCUT2D eigenvalue weighted by Crippen LogP contribution is -2.29. The molecule has 0 unspecified atom stereocenters. The van der Waals surface area contributed by atoms with Crippen LogP contribution >= 0.6 is 0 Å². The minimum Gasteiger partial charge on any atom is -0.390 e. The number of aromatic nitrogens is 3. The third kappa shape index (κ3) is 2.93. The Morgan fingerprint density at radius 1 is 1.03 bits per heavy atom. The molecule has 2 aromatic heterocycles. The van der Waals surface area contributed by atoms with Crippen LogP contribution < -0.4 is 11.5 Å². The van der Waals surface area contributed by atoms with Gasteiger partial charge < -0.3 is 26.2 Å². The molecule has 0 bridgehead atoms. The zero-order valence-electron chi connectivity index (χ0n) is 17.1. The van der Waals surface area contributed by atoms with E-state index in [1.54, 1.807) is 0 Å². The second-order valence-electron chi connectivity index (χ2n) is 9.18. The fourth-order valence-electron chi connectivity index (χ4n) is 5.52. The number of amidine groups is 1. The molecule has 1 aliphatic heterocycles. The molecule has 6 rings (SSSR count). The summed E-state index contributed by atoms with van der Waals surface area (Å²) in [6.45, 7) is 0. The van der Waals surface area contributed by atoms with Crippen LogP contribution in [-0.4, -0.2) is 42.8 Å². The van der Waals surface area contributed by atoms with Crippen LogP contribution in [0.4, 0.5) is 11.5 Å². The fourth-order valence-corrected chi connectivity index (χ4v) is 5.52. The van der Waals surface area contributed by atoms with Gasteiger partial charge in [-0.2, -0.15) is 0 Å². The predicted octanol–water partition coefficient (Wildman–Crippen LogP) is 2.03. The zero-order chi connectivity index (χ0) is 21.3. The summed E-state index contributed by atoms with van der Waals surface area (Å²) in [5.74, 6) is 2.16. The van der Waals surface area contributed by atoms with Crippen molar-refractivity contribution in [3.05, 3.63) is 47.9 Å². The summed E-state index contributed by atoms with van der Waals surface area (Å²) in [6, 6.07) is 8.10. The highest BCUT2D eigenvalue weighted by Gasteiger charge is 2.45. The van der Waals surface area contributed by atoms with Crippen LogP contribution in [0.25, 0.3) is 11.0 Å². The summed E-state index contributed by atoms with van der Waals surface area (Å²) in [7, 11) is 0. The van der Waals surface area contributed by atoms with Gasteiger partial charge >= 0.3 is 0 Å². The first-order valence-electron chi connectivity index (χ1n) is 10.9. The van der Waals surface area contributed by atoms with Crippen LogP contribution in [0.5, 0.6) is 0 Å². The summed E-state index contributed by atoms with van der Waals surface area (Å²) in [5, 5.41) is 22.3. The molecule has 2 saturated carbocycles. The first kappa shape index (κ1) is 18.8. The van der Waals surface area contributed by atoms with Gasteiger partial charge in [-0.25, -0.2) is 15.0 Å². The Morgan fingerprint density at radius 3 is 2.77 bits per heavy atom. The van der Waals surface area contributed by atoms with E-state index in [1.165, 1.54) is 17.5 Å². The van der Waals surface area contributed by atoms with E-state index >= 15 is 0 Å². The third-order valence-corrected chi connectivity index (χ3v) is 7.39. The van der Waals surface area contributed by atoms with E-state index in [2.05, 4.69) is 33.2 Å². The fraction of sp³-hybridized carbons (Fsp3) is 0.435. The Labute approximate surface area is 179 Å². The summed E-state index contributed by atoms with van der Waals surface area (Å²) < 4.78 is 1.92. The normalized spacial score (nSPS) is 31.4. The van der Waals surface area contributed by atoms with Gasteiger partial charge in [-0.1, -0.05) is 12.1 Å². The molecule has 31 heavy (non-hydrogen) atoms. The van der Waals surface area contributed by atoms with Gasteiger partial charge in [0, 0.05) is 12.1 Å². The highest BCUT2D eigenvalue weighted by Crippen LogP contribution is 2.53. The smallest absolute Gasteiger partial charge is 0.145 e. The molecule has 3 aromatic rings. The summed E-state index contributed by atoms with van der Waals surface area (Å²) in [4.78, 5) is 13.0. The van der Waals surface area contributed by atoms with Crippen LogP contribution in [0.1, 0.15) is 42.3 Å². The van der Waals surface area contributed by atoms with E-state index in [0.29, 0.717) is 29.7 Å². The van der Waals surface area contributed by atoms with Crippen molar-refractivity contribution in [2.45, 2.75) is 49.9 Å². The van der Waals surface area contributed by atoms with Crippen molar-refractivity contribution in [1.29, 1.82) is 0 Å². The predicted molar refractivity (Wildman–Crippen MR) is 118 cm³/mol. The lowest BCUT2D eigenvalue weighted by molar-refractivity contribution is 0.00545. The van der Waals surface area contributed by atoms with Gasteiger partial charge in [-0.15, -0.1) is 0 Å². The standard InChI is InChI=1S/C23H26N6O2/c24-21-14-5-6-29(23(14)27-10-26-21)18-8-12(19(30)20(18)31)3-1-11-2-4-13-15-9-16(15)22(25)28-17(13)7-11/h2,4-7,10,12,15-16,18-20,30-31H,1,3,8-9H2,(H2,25,28)(H2,24,26,27)/t12-,15+,16+,18+,19+,20-/m0/s1. The van der Waals surface area contributed by atoms with Crippen molar-refractivity contribution in [1.82, 2.24) is 14.5 Å². The second-order valence-corrected chi connectivity index (χ2v) is 9.18. The van der Waals surface area contributed by atoms with Crippen molar-refractivity contribution < 1.29 is 10.2 Å². The Morgan fingerprint density at radius 2 is 1.90 bits per heavy atom. The van der Waals surface area contributed by atoms with E-state index in [0.717, 1.165) is 36.2 Å². The molecule has 1 aromatic carbocycles. The van der Waals surface area contributed by atoms with Crippen molar-refractivity contribution in [2.24, 2.45) is 22.6 Å². The second kappa shape index (κ2) is 6.77. The van der Waals surface area contributed by atoms with Gasteiger partial charge in [-0.3, -0.25) is 0 Å². The average Bonchev–Trinajstić information content (AvgIpc) is 3.39. The van der Waals surface area contributed by atoms with E-state index in [1.807, 2.05) is 16.8 Å². The number of fused-ring (bicyclic) bond motifs is 4. The number of hydrogen-bond acceptors (Lipinski definition) is 7. The maximum Gasteiger partial charge on any atom is 0.145 e. The lowest BCUT2D eigenvalue weighted by Gasteiger charge is -2.19. The number of nitrogen functional groups attached to an aromatic ring is 1. The van der Waals surface area contributed by atoms with Gasteiger partial charge in [-0.05, 0) is 60.8 Å². The number of aliphatic imine (C=N–C) groups is 1. The number of aryl methyl sites for hydroxylation is 1. The molecule has 3 aliphatic rings. The molecular formula is C23H26N6O2. The Bertz CT molecular complexity index is 1200. The molecule has 0 spiro atoms. The van der Waals surface area contributed by atoms with Crippen LogP contribution in [-0.2, 0) is 6.42 Å². The van der Waals surface area contributed by atoms with E-state index in [4.69, 9.17) is 11.5 Å².